The minimum atomic E-state index is -0.0323. The van der Waals surface area contributed by atoms with Gasteiger partial charge in [-0.15, -0.1) is 0 Å². The Morgan fingerprint density at radius 1 is 1.24 bits per heavy atom. The number of amides is 1. The van der Waals surface area contributed by atoms with E-state index in [4.69, 9.17) is 14.2 Å². The number of rotatable bonds is 7. The van der Waals surface area contributed by atoms with Crippen LogP contribution in [0, 0.1) is 5.92 Å². The van der Waals surface area contributed by atoms with Crippen LogP contribution in [0.3, 0.4) is 0 Å². The number of methoxy groups -OCH3 is 1. The molecule has 3 aliphatic rings. The summed E-state index contributed by atoms with van der Waals surface area (Å²) in [5, 5.41) is 0. The van der Waals surface area contributed by atoms with Gasteiger partial charge in [0.25, 0.3) is 5.91 Å². The topological polar surface area (TPSA) is 65.8 Å². The number of nitrogens with zero attached hydrogens (tertiary/aromatic N) is 3. The van der Waals surface area contributed by atoms with Gasteiger partial charge < -0.3 is 23.7 Å². The second-order valence-corrected chi connectivity index (χ2v) is 8.15. The van der Waals surface area contributed by atoms with Crippen molar-refractivity contribution < 1.29 is 19.0 Å². The lowest BCUT2D eigenvalue weighted by Gasteiger charge is -2.26. The summed E-state index contributed by atoms with van der Waals surface area (Å²) >= 11 is 0. The van der Waals surface area contributed by atoms with Gasteiger partial charge in [-0.25, -0.2) is 4.98 Å². The lowest BCUT2D eigenvalue weighted by Crippen LogP contribution is -2.43. The number of carbonyl (C=O) groups excluding carboxylic acids is 1. The average molecular weight is 397 g/mol. The Morgan fingerprint density at radius 2 is 2.03 bits per heavy atom. The molecule has 2 aromatic rings. The Kier molecular flexibility index (Phi) is 4.70. The molecule has 3 fully saturated rings. The molecule has 1 saturated heterocycles. The fourth-order valence-electron chi connectivity index (χ4n) is 4.44. The quantitative estimate of drug-likeness (QED) is 0.719. The number of imidazole rings is 1. The van der Waals surface area contributed by atoms with E-state index in [-0.39, 0.29) is 18.1 Å². The lowest BCUT2D eigenvalue weighted by molar-refractivity contribution is -0.137. The molecule has 154 valence electrons. The van der Waals surface area contributed by atoms with Crippen molar-refractivity contribution in [3.05, 3.63) is 30.6 Å². The van der Waals surface area contributed by atoms with Gasteiger partial charge in [-0.3, -0.25) is 4.79 Å². The zero-order valence-electron chi connectivity index (χ0n) is 16.8. The second-order valence-electron chi connectivity index (χ2n) is 8.15. The first-order valence-electron chi connectivity index (χ1n) is 10.4. The van der Waals surface area contributed by atoms with Crippen LogP contribution >= 0.6 is 0 Å². The molecule has 7 nitrogen and oxygen atoms in total. The molecule has 7 heteroatoms. The number of hydrogen-bond acceptors (Lipinski definition) is 5. The lowest BCUT2D eigenvalue weighted by atomic mass is 10.1. The van der Waals surface area contributed by atoms with Crippen molar-refractivity contribution in [3.63, 3.8) is 0 Å². The van der Waals surface area contributed by atoms with Crippen LogP contribution in [0.1, 0.15) is 25.7 Å². The zero-order chi connectivity index (χ0) is 19.8. The first-order valence-corrected chi connectivity index (χ1v) is 10.4. The molecule has 1 aliphatic heterocycles. The summed E-state index contributed by atoms with van der Waals surface area (Å²) in [7, 11) is 1.62. The molecule has 2 heterocycles. The SMILES string of the molecule is COc1cc(-c2nccn2C2(C3CC3)CC2)ccc1OCC(=O)N1CCOCC1. The van der Waals surface area contributed by atoms with Gasteiger partial charge in [0.1, 0.15) is 5.82 Å². The van der Waals surface area contributed by atoms with E-state index in [9.17, 15) is 4.79 Å². The van der Waals surface area contributed by atoms with Gasteiger partial charge in [-0.05, 0) is 49.8 Å². The first-order chi connectivity index (χ1) is 14.2. The Morgan fingerprint density at radius 3 is 2.72 bits per heavy atom. The number of hydrogen-bond donors (Lipinski definition) is 0. The Bertz CT molecular complexity index is 895. The van der Waals surface area contributed by atoms with E-state index in [1.807, 2.05) is 24.4 Å². The van der Waals surface area contributed by atoms with Crippen molar-refractivity contribution in [2.75, 3.05) is 40.0 Å². The van der Waals surface area contributed by atoms with Crippen LogP contribution in [0.4, 0.5) is 0 Å². The van der Waals surface area contributed by atoms with Crippen LogP contribution in [-0.4, -0.2) is 60.4 Å². The third-order valence-electron chi connectivity index (χ3n) is 6.36. The summed E-state index contributed by atoms with van der Waals surface area (Å²) in [6, 6.07) is 5.83. The standard InChI is InChI=1S/C22H27N3O4/c1-27-19-14-16(21-23-8-9-25(21)22(6-7-22)17-3-4-17)2-5-18(19)29-15-20(26)24-10-12-28-13-11-24/h2,5,8-9,14,17H,3-4,6-7,10-13,15H2,1H3. The highest BCUT2D eigenvalue weighted by Gasteiger charge is 2.55. The Balaban J connectivity index is 1.33. The van der Waals surface area contributed by atoms with E-state index in [2.05, 4.69) is 15.7 Å². The number of ether oxygens (including phenoxy) is 3. The smallest absolute Gasteiger partial charge is 0.260 e. The maximum absolute atomic E-state index is 12.3. The first kappa shape index (κ1) is 18.5. The largest absolute Gasteiger partial charge is 0.493 e. The van der Waals surface area contributed by atoms with Gasteiger partial charge in [0.15, 0.2) is 18.1 Å². The van der Waals surface area contributed by atoms with E-state index in [0.29, 0.717) is 37.8 Å². The maximum atomic E-state index is 12.3. The number of morpholine rings is 1. The van der Waals surface area contributed by atoms with Crippen LogP contribution in [0.5, 0.6) is 11.5 Å². The molecule has 1 amide bonds. The molecule has 1 aromatic carbocycles. The predicted molar refractivity (Wildman–Crippen MR) is 107 cm³/mol. The second kappa shape index (κ2) is 7.37. The summed E-state index contributed by atoms with van der Waals surface area (Å²) < 4.78 is 19.0. The molecule has 2 aliphatic carbocycles. The zero-order valence-corrected chi connectivity index (χ0v) is 16.8. The highest BCUT2D eigenvalue weighted by Crippen LogP contribution is 2.60. The molecule has 2 saturated carbocycles. The highest BCUT2D eigenvalue weighted by atomic mass is 16.5. The molecule has 0 atom stereocenters. The maximum Gasteiger partial charge on any atom is 0.260 e. The van der Waals surface area contributed by atoms with Gasteiger partial charge in [-0.1, -0.05) is 0 Å². The molecule has 0 radical (unpaired) electrons. The summed E-state index contributed by atoms with van der Waals surface area (Å²) in [5.74, 6) is 2.92. The molecule has 29 heavy (non-hydrogen) atoms. The van der Waals surface area contributed by atoms with Gasteiger partial charge in [0.05, 0.1) is 20.3 Å². The monoisotopic (exact) mass is 397 g/mol. The molecule has 1 aromatic heterocycles. The van der Waals surface area contributed by atoms with Crippen molar-refractivity contribution in [1.82, 2.24) is 14.5 Å². The van der Waals surface area contributed by atoms with Gasteiger partial charge in [0, 0.05) is 36.6 Å². The summed E-state index contributed by atoms with van der Waals surface area (Å²) in [6.07, 6.45) is 9.12. The molecule has 0 spiro atoms. The van der Waals surface area contributed by atoms with Gasteiger partial charge in [0.2, 0.25) is 0 Å². The normalized spacial score (nSPS) is 20.4. The number of aromatic nitrogens is 2. The Labute approximate surface area is 170 Å². The average Bonchev–Trinajstić information content (AvgIpc) is 3.70. The van der Waals surface area contributed by atoms with Crippen molar-refractivity contribution in [2.24, 2.45) is 5.92 Å². The minimum Gasteiger partial charge on any atom is -0.493 e. The molecule has 0 bridgehead atoms. The highest BCUT2D eigenvalue weighted by molar-refractivity contribution is 5.78. The minimum absolute atomic E-state index is 0.00484. The van der Waals surface area contributed by atoms with Crippen molar-refractivity contribution in [3.8, 4) is 22.9 Å². The van der Waals surface area contributed by atoms with Crippen molar-refractivity contribution >= 4 is 5.91 Å². The summed E-state index contributed by atoms with van der Waals surface area (Å²) in [4.78, 5) is 18.8. The van der Waals surface area contributed by atoms with Gasteiger partial charge >= 0.3 is 0 Å². The van der Waals surface area contributed by atoms with Gasteiger partial charge in [-0.2, -0.15) is 0 Å². The van der Waals surface area contributed by atoms with Crippen LogP contribution in [0.2, 0.25) is 0 Å². The third kappa shape index (κ3) is 3.48. The van der Waals surface area contributed by atoms with E-state index in [1.54, 1.807) is 12.0 Å². The Hall–Kier alpha value is -2.54. The molecular weight excluding hydrogens is 370 g/mol. The summed E-state index contributed by atoms with van der Waals surface area (Å²) in [5.41, 5.74) is 1.28. The van der Waals surface area contributed by atoms with Crippen LogP contribution in [-0.2, 0) is 15.1 Å². The van der Waals surface area contributed by atoms with E-state index in [1.165, 1.54) is 25.7 Å². The van der Waals surface area contributed by atoms with Crippen LogP contribution < -0.4 is 9.47 Å². The fourth-order valence-corrected chi connectivity index (χ4v) is 4.44. The van der Waals surface area contributed by atoms with Crippen molar-refractivity contribution in [2.45, 2.75) is 31.2 Å². The molecule has 0 N–H and O–H groups in total. The molecule has 0 unspecified atom stereocenters. The van der Waals surface area contributed by atoms with Crippen molar-refractivity contribution in [1.29, 1.82) is 0 Å². The summed E-state index contributed by atoms with van der Waals surface area (Å²) in [6.45, 7) is 2.39. The predicted octanol–water partition coefficient (Wildman–Crippen LogP) is 2.70. The third-order valence-corrected chi connectivity index (χ3v) is 6.36. The van der Waals surface area contributed by atoms with E-state index >= 15 is 0 Å². The van der Waals surface area contributed by atoms with E-state index in [0.717, 1.165) is 17.3 Å². The fraction of sp³-hybridized carbons (Fsp3) is 0.545. The molecular formula is C22H27N3O4. The number of carbonyl (C=O) groups is 1. The molecule has 5 rings (SSSR count). The van der Waals surface area contributed by atoms with Crippen LogP contribution in [0.15, 0.2) is 30.6 Å². The van der Waals surface area contributed by atoms with Crippen LogP contribution in [0.25, 0.3) is 11.4 Å². The number of benzene rings is 1. The van der Waals surface area contributed by atoms with E-state index < -0.39 is 0 Å².